The third kappa shape index (κ3) is 2.80. The summed E-state index contributed by atoms with van der Waals surface area (Å²) in [6.45, 7) is 5.57. The van der Waals surface area contributed by atoms with Crippen LogP contribution in [0, 0.1) is 10.1 Å². The number of hydrogen-bond acceptors (Lipinski definition) is 4. The van der Waals surface area contributed by atoms with Crippen molar-refractivity contribution in [3.05, 3.63) is 46.5 Å². The van der Waals surface area contributed by atoms with Crippen molar-refractivity contribution in [3.8, 4) is 5.75 Å². The molecule has 0 aliphatic carbocycles. The molecule has 0 radical (unpaired) electrons. The molecule has 0 heterocycles. The fraction of sp³-hybridized carbons (Fsp3) is 0.273. The van der Waals surface area contributed by atoms with Crippen LogP contribution in [-0.4, -0.2) is 11.0 Å². The predicted molar refractivity (Wildman–Crippen MR) is 61.3 cm³/mol. The Bertz CT molecular complexity index is 404. The van der Waals surface area contributed by atoms with Gasteiger partial charge in [0.25, 0.3) is 0 Å². The zero-order valence-electron chi connectivity index (χ0n) is 9.05. The quantitative estimate of drug-likeness (QED) is 0.469. The summed E-state index contributed by atoms with van der Waals surface area (Å²) in [5, 5.41) is 10.8. The molecule has 0 amide bonds. The van der Waals surface area contributed by atoms with Crippen LogP contribution in [0.2, 0.25) is 0 Å². The fourth-order valence-electron chi connectivity index (χ4n) is 1.18. The number of hydrogen-bond donors (Lipinski definition) is 1. The van der Waals surface area contributed by atoms with Gasteiger partial charge in [0, 0.05) is 12.6 Å². The Morgan fingerprint density at radius 3 is 2.88 bits per heavy atom. The van der Waals surface area contributed by atoms with Gasteiger partial charge < -0.3 is 10.5 Å². The van der Waals surface area contributed by atoms with E-state index in [-0.39, 0.29) is 24.1 Å². The Balaban J connectivity index is 3.07. The molecule has 5 nitrogen and oxygen atoms in total. The number of ether oxygens (including phenoxy) is 1. The predicted octanol–water partition coefficient (Wildman–Crippen LogP) is 2.01. The maximum absolute atomic E-state index is 10.8. The molecule has 0 saturated carbocycles. The van der Waals surface area contributed by atoms with E-state index in [0.717, 1.165) is 0 Å². The van der Waals surface area contributed by atoms with Crippen molar-refractivity contribution in [3.63, 3.8) is 0 Å². The van der Waals surface area contributed by atoms with E-state index in [1.165, 1.54) is 6.07 Å². The summed E-state index contributed by atoms with van der Waals surface area (Å²) in [6.07, 6.45) is 1.29. The summed E-state index contributed by atoms with van der Waals surface area (Å²) in [6, 6.07) is 4.68. The molecule has 86 valence electrons. The fourth-order valence-corrected chi connectivity index (χ4v) is 1.18. The van der Waals surface area contributed by atoms with Crippen LogP contribution in [0.1, 0.15) is 12.5 Å². The van der Waals surface area contributed by atoms with E-state index < -0.39 is 4.92 Å². The SMILES string of the molecule is C=CC(C)Oc1ccc(CN)cc1[N+](=O)[O-]. The van der Waals surface area contributed by atoms with Crippen LogP contribution >= 0.6 is 0 Å². The minimum absolute atomic E-state index is 0.0725. The first kappa shape index (κ1) is 12.2. The van der Waals surface area contributed by atoms with E-state index in [2.05, 4.69) is 6.58 Å². The molecule has 1 aromatic carbocycles. The lowest BCUT2D eigenvalue weighted by Gasteiger charge is -2.11. The Morgan fingerprint density at radius 2 is 2.38 bits per heavy atom. The number of rotatable bonds is 5. The standard InChI is InChI=1S/C11H14N2O3/c1-3-8(2)16-11-5-4-9(7-12)6-10(11)13(14)15/h3-6,8H,1,7,12H2,2H3. The highest BCUT2D eigenvalue weighted by Gasteiger charge is 2.16. The monoisotopic (exact) mass is 222 g/mol. The largest absolute Gasteiger partial charge is 0.480 e. The molecule has 5 heteroatoms. The van der Waals surface area contributed by atoms with Crippen LogP contribution in [0.15, 0.2) is 30.9 Å². The van der Waals surface area contributed by atoms with Gasteiger partial charge in [0.1, 0.15) is 6.10 Å². The normalized spacial score (nSPS) is 11.9. The highest BCUT2D eigenvalue weighted by Crippen LogP contribution is 2.28. The van der Waals surface area contributed by atoms with Crippen LogP contribution in [-0.2, 0) is 6.54 Å². The lowest BCUT2D eigenvalue weighted by Crippen LogP contribution is -2.09. The number of nitro groups is 1. The Labute approximate surface area is 93.7 Å². The van der Waals surface area contributed by atoms with Gasteiger partial charge in [-0.2, -0.15) is 0 Å². The highest BCUT2D eigenvalue weighted by atomic mass is 16.6. The summed E-state index contributed by atoms with van der Waals surface area (Å²) in [7, 11) is 0. The van der Waals surface area contributed by atoms with Crippen molar-refractivity contribution in [2.24, 2.45) is 5.73 Å². The lowest BCUT2D eigenvalue weighted by molar-refractivity contribution is -0.386. The average Bonchev–Trinajstić information content (AvgIpc) is 2.29. The van der Waals surface area contributed by atoms with Crippen LogP contribution < -0.4 is 10.5 Å². The smallest absolute Gasteiger partial charge is 0.311 e. The third-order valence-corrected chi connectivity index (χ3v) is 2.10. The highest BCUT2D eigenvalue weighted by molar-refractivity contribution is 5.48. The molecule has 1 aromatic rings. The van der Waals surface area contributed by atoms with Crippen molar-refractivity contribution in [1.29, 1.82) is 0 Å². The summed E-state index contributed by atoms with van der Waals surface area (Å²) < 4.78 is 5.35. The molecule has 0 bridgehead atoms. The molecular formula is C11H14N2O3. The molecule has 0 fully saturated rings. The molecule has 0 saturated heterocycles. The maximum atomic E-state index is 10.8. The first-order valence-electron chi connectivity index (χ1n) is 4.85. The first-order valence-corrected chi connectivity index (χ1v) is 4.85. The van der Waals surface area contributed by atoms with Crippen LogP contribution in [0.5, 0.6) is 5.75 Å². The lowest BCUT2D eigenvalue weighted by atomic mass is 10.2. The van der Waals surface area contributed by atoms with Gasteiger partial charge >= 0.3 is 5.69 Å². The van der Waals surface area contributed by atoms with Crippen LogP contribution in [0.4, 0.5) is 5.69 Å². The van der Waals surface area contributed by atoms with Gasteiger partial charge in [0.05, 0.1) is 4.92 Å². The summed E-state index contributed by atoms with van der Waals surface area (Å²) >= 11 is 0. The van der Waals surface area contributed by atoms with Crippen molar-refractivity contribution in [1.82, 2.24) is 0 Å². The number of nitro benzene ring substituents is 1. The second-order valence-corrected chi connectivity index (χ2v) is 3.32. The van der Waals surface area contributed by atoms with E-state index in [0.29, 0.717) is 5.56 Å². The van der Waals surface area contributed by atoms with Gasteiger partial charge in [-0.25, -0.2) is 0 Å². The summed E-state index contributed by atoms with van der Waals surface area (Å²) in [4.78, 5) is 10.3. The molecule has 1 rings (SSSR count). The van der Waals surface area contributed by atoms with E-state index in [9.17, 15) is 10.1 Å². The van der Waals surface area contributed by atoms with E-state index in [4.69, 9.17) is 10.5 Å². The van der Waals surface area contributed by atoms with E-state index >= 15 is 0 Å². The summed E-state index contributed by atoms with van der Waals surface area (Å²) in [5.74, 6) is 0.231. The topological polar surface area (TPSA) is 78.4 Å². The van der Waals surface area contributed by atoms with Crippen LogP contribution in [0.3, 0.4) is 0 Å². The van der Waals surface area contributed by atoms with Gasteiger partial charge in [-0.15, -0.1) is 0 Å². The first-order chi connectivity index (χ1) is 7.58. The Kier molecular flexibility index (Phi) is 4.02. The second-order valence-electron chi connectivity index (χ2n) is 3.32. The zero-order chi connectivity index (χ0) is 12.1. The van der Waals surface area contributed by atoms with Gasteiger partial charge in [-0.3, -0.25) is 10.1 Å². The van der Waals surface area contributed by atoms with Gasteiger partial charge in [0.2, 0.25) is 0 Å². The van der Waals surface area contributed by atoms with Crippen molar-refractivity contribution in [2.75, 3.05) is 0 Å². The molecule has 0 spiro atoms. The summed E-state index contributed by atoms with van der Waals surface area (Å²) in [5.41, 5.74) is 6.04. The molecule has 16 heavy (non-hydrogen) atoms. The Morgan fingerprint density at radius 1 is 1.69 bits per heavy atom. The molecule has 2 N–H and O–H groups in total. The van der Waals surface area contributed by atoms with Crippen molar-refractivity contribution in [2.45, 2.75) is 19.6 Å². The third-order valence-electron chi connectivity index (χ3n) is 2.10. The molecule has 0 aromatic heterocycles. The van der Waals surface area contributed by atoms with Crippen molar-refractivity contribution < 1.29 is 9.66 Å². The number of benzene rings is 1. The zero-order valence-corrected chi connectivity index (χ0v) is 9.05. The van der Waals surface area contributed by atoms with Gasteiger partial charge in [-0.05, 0) is 18.6 Å². The number of nitrogens with two attached hydrogens (primary N) is 1. The molecule has 1 atom stereocenters. The van der Waals surface area contributed by atoms with Gasteiger partial charge in [0.15, 0.2) is 5.75 Å². The Hall–Kier alpha value is -1.88. The second kappa shape index (κ2) is 5.27. The maximum Gasteiger partial charge on any atom is 0.311 e. The molecule has 1 unspecified atom stereocenters. The van der Waals surface area contributed by atoms with E-state index in [1.54, 1.807) is 25.1 Å². The molecular weight excluding hydrogens is 208 g/mol. The van der Waals surface area contributed by atoms with Crippen molar-refractivity contribution >= 4 is 5.69 Å². The van der Waals surface area contributed by atoms with E-state index in [1.807, 2.05) is 0 Å². The molecule has 0 aliphatic heterocycles. The average molecular weight is 222 g/mol. The van der Waals surface area contributed by atoms with Crippen LogP contribution in [0.25, 0.3) is 0 Å². The molecule has 0 aliphatic rings. The minimum Gasteiger partial charge on any atom is -0.480 e. The number of nitrogens with zero attached hydrogens (tertiary/aromatic N) is 1. The minimum atomic E-state index is -0.482. The van der Waals surface area contributed by atoms with Gasteiger partial charge in [-0.1, -0.05) is 18.7 Å².